The maximum atomic E-state index is 9.19. The summed E-state index contributed by atoms with van der Waals surface area (Å²) in [6.07, 6.45) is 5.18. The van der Waals surface area contributed by atoms with Crippen molar-refractivity contribution in [1.82, 2.24) is 4.31 Å². The fraction of sp³-hybridized carbons (Fsp3) is 0.333. The van der Waals surface area contributed by atoms with Crippen molar-refractivity contribution in [3.8, 4) is 5.75 Å². The Balaban J connectivity index is 2.01. The Hall–Kier alpha value is -1.13. The quantitative estimate of drug-likeness (QED) is 0.626. The van der Waals surface area contributed by atoms with E-state index in [1.165, 1.54) is 0 Å². The number of aliphatic hydroxyl groups excluding tert-OH is 1. The molecule has 86 valence electrons. The summed E-state index contributed by atoms with van der Waals surface area (Å²) in [6, 6.07) is 7.49. The predicted octanol–water partition coefficient (Wildman–Crippen LogP) is 2.94. The zero-order valence-corrected chi connectivity index (χ0v) is 9.73. The molecule has 0 saturated carbocycles. The fourth-order valence-corrected chi connectivity index (χ4v) is 2.87. The third kappa shape index (κ3) is 2.71. The lowest BCUT2D eigenvalue weighted by atomic mass is 10.2. The lowest BCUT2D eigenvalue weighted by Crippen LogP contribution is -2.20. The standard InChI is InChI=1S/C12H15NO2S/c14-9-7-10-2-1-8-13(10)16-12-5-3-11(15)4-6-12/h3-7,9-10,14-15H,1-2,8H2/b9-7-. The predicted molar refractivity (Wildman–Crippen MR) is 65.5 cm³/mol. The highest BCUT2D eigenvalue weighted by Gasteiger charge is 2.23. The van der Waals surface area contributed by atoms with E-state index in [4.69, 9.17) is 5.11 Å². The van der Waals surface area contributed by atoms with Crippen LogP contribution in [-0.2, 0) is 0 Å². The van der Waals surface area contributed by atoms with E-state index >= 15 is 0 Å². The van der Waals surface area contributed by atoms with Crippen LogP contribution in [0.4, 0.5) is 0 Å². The minimum Gasteiger partial charge on any atom is -0.516 e. The van der Waals surface area contributed by atoms with Crippen LogP contribution in [0.25, 0.3) is 0 Å². The summed E-state index contributed by atoms with van der Waals surface area (Å²) >= 11 is 1.67. The Kier molecular flexibility index (Phi) is 3.74. The molecule has 0 spiro atoms. The fourth-order valence-electron chi connectivity index (χ4n) is 1.81. The largest absolute Gasteiger partial charge is 0.516 e. The molecule has 4 heteroatoms. The highest BCUT2D eigenvalue weighted by molar-refractivity contribution is 7.97. The van der Waals surface area contributed by atoms with Gasteiger partial charge < -0.3 is 10.2 Å². The van der Waals surface area contributed by atoms with Crippen LogP contribution in [0, 0.1) is 0 Å². The number of aromatic hydroxyl groups is 1. The van der Waals surface area contributed by atoms with E-state index in [1.807, 2.05) is 18.2 Å². The molecule has 0 radical (unpaired) electrons. The van der Waals surface area contributed by atoms with E-state index in [1.54, 1.807) is 24.1 Å². The Morgan fingerprint density at radius 3 is 2.75 bits per heavy atom. The van der Waals surface area contributed by atoms with E-state index in [9.17, 15) is 5.11 Å². The molecule has 0 aromatic heterocycles. The molecule has 1 aliphatic heterocycles. The topological polar surface area (TPSA) is 43.7 Å². The third-order valence-corrected chi connectivity index (χ3v) is 3.79. The highest BCUT2D eigenvalue weighted by Crippen LogP contribution is 2.32. The highest BCUT2D eigenvalue weighted by atomic mass is 32.2. The van der Waals surface area contributed by atoms with E-state index in [2.05, 4.69) is 4.31 Å². The zero-order chi connectivity index (χ0) is 11.4. The minimum absolute atomic E-state index is 0.289. The molecule has 1 aliphatic rings. The van der Waals surface area contributed by atoms with Crippen molar-refractivity contribution in [3.63, 3.8) is 0 Å². The Labute approximate surface area is 99.5 Å². The summed E-state index contributed by atoms with van der Waals surface area (Å²) < 4.78 is 2.25. The molecule has 1 fully saturated rings. The van der Waals surface area contributed by atoms with Gasteiger partial charge >= 0.3 is 0 Å². The van der Waals surface area contributed by atoms with Gasteiger partial charge in [-0.15, -0.1) is 0 Å². The van der Waals surface area contributed by atoms with Crippen LogP contribution in [0.1, 0.15) is 12.8 Å². The van der Waals surface area contributed by atoms with Crippen LogP contribution in [-0.4, -0.2) is 27.1 Å². The minimum atomic E-state index is 0.289. The molecule has 1 atom stereocenters. The van der Waals surface area contributed by atoms with Gasteiger partial charge in [-0.25, -0.2) is 4.31 Å². The van der Waals surface area contributed by atoms with Crippen LogP contribution in [0.15, 0.2) is 41.5 Å². The summed E-state index contributed by atoms with van der Waals surface area (Å²) in [5, 5.41) is 18.0. The number of nitrogens with zero attached hydrogens (tertiary/aromatic N) is 1. The van der Waals surface area contributed by atoms with Crippen molar-refractivity contribution in [3.05, 3.63) is 36.6 Å². The molecule has 16 heavy (non-hydrogen) atoms. The second-order valence-corrected chi connectivity index (χ2v) is 4.90. The Morgan fingerprint density at radius 2 is 2.06 bits per heavy atom. The average Bonchev–Trinajstić information content (AvgIpc) is 2.70. The van der Waals surface area contributed by atoms with E-state index in [0.717, 1.165) is 30.5 Å². The number of phenols is 1. The van der Waals surface area contributed by atoms with Gasteiger partial charge in [0, 0.05) is 17.5 Å². The number of hydrogen-bond donors (Lipinski definition) is 2. The Morgan fingerprint density at radius 1 is 1.31 bits per heavy atom. The molecule has 2 N–H and O–H groups in total. The van der Waals surface area contributed by atoms with Crippen molar-refractivity contribution in [2.24, 2.45) is 0 Å². The van der Waals surface area contributed by atoms with Crippen LogP contribution in [0.5, 0.6) is 5.75 Å². The van der Waals surface area contributed by atoms with Gasteiger partial charge in [0.15, 0.2) is 0 Å². The van der Waals surface area contributed by atoms with Crippen LogP contribution >= 0.6 is 11.9 Å². The van der Waals surface area contributed by atoms with Crippen LogP contribution < -0.4 is 0 Å². The smallest absolute Gasteiger partial charge is 0.115 e. The lowest BCUT2D eigenvalue weighted by molar-refractivity contribution is 0.449. The Bertz CT molecular complexity index is 364. The van der Waals surface area contributed by atoms with Gasteiger partial charge in [-0.05, 0) is 55.1 Å². The SMILES string of the molecule is O/C=C\C1CCCN1Sc1ccc(O)cc1. The first kappa shape index (κ1) is 11.4. The van der Waals surface area contributed by atoms with E-state index in [-0.39, 0.29) is 5.75 Å². The number of phenolic OH excluding ortho intramolecular Hbond substituents is 1. The number of aliphatic hydroxyl groups is 1. The average molecular weight is 237 g/mol. The van der Waals surface area contributed by atoms with Gasteiger partial charge in [-0.1, -0.05) is 0 Å². The van der Waals surface area contributed by atoms with E-state index < -0.39 is 0 Å². The molecule has 0 bridgehead atoms. The summed E-state index contributed by atoms with van der Waals surface area (Å²) in [4.78, 5) is 1.11. The summed E-state index contributed by atoms with van der Waals surface area (Å²) in [6.45, 7) is 1.03. The van der Waals surface area contributed by atoms with Crippen molar-refractivity contribution in [2.75, 3.05) is 6.54 Å². The molecule has 1 unspecified atom stereocenters. The zero-order valence-electron chi connectivity index (χ0n) is 8.91. The first-order valence-electron chi connectivity index (χ1n) is 5.34. The van der Waals surface area contributed by atoms with Crippen molar-refractivity contribution < 1.29 is 10.2 Å². The van der Waals surface area contributed by atoms with Crippen molar-refractivity contribution in [1.29, 1.82) is 0 Å². The van der Waals surface area contributed by atoms with Gasteiger partial charge in [0.2, 0.25) is 0 Å². The maximum absolute atomic E-state index is 9.19. The summed E-state index contributed by atoms with van der Waals surface area (Å²) in [5.74, 6) is 0.289. The van der Waals surface area contributed by atoms with E-state index in [0.29, 0.717) is 6.04 Å². The van der Waals surface area contributed by atoms with Gasteiger partial charge in [-0.2, -0.15) is 0 Å². The molecule has 1 aromatic carbocycles. The lowest BCUT2D eigenvalue weighted by Gasteiger charge is -2.19. The normalized spacial score (nSPS) is 21.9. The maximum Gasteiger partial charge on any atom is 0.115 e. The number of rotatable bonds is 3. The molecule has 1 heterocycles. The molecule has 0 amide bonds. The first-order valence-corrected chi connectivity index (χ1v) is 6.11. The second kappa shape index (κ2) is 5.27. The van der Waals surface area contributed by atoms with Gasteiger partial charge in [0.05, 0.1) is 6.26 Å². The molecule has 3 nitrogen and oxygen atoms in total. The summed E-state index contributed by atoms with van der Waals surface area (Å²) in [5.41, 5.74) is 0. The molecule has 1 saturated heterocycles. The van der Waals surface area contributed by atoms with Crippen molar-refractivity contribution >= 4 is 11.9 Å². The monoisotopic (exact) mass is 237 g/mol. The molecular weight excluding hydrogens is 222 g/mol. The third-order valence-electron chi connectivity index (χ3n) is 2.62. The second-order valence-electron chi connectivity index (χ2n) is 3.78. The summed E-state index contributed by atoms with van der Waals surface area (Å²) in [7, 11) is 0. The molecule has 2 rings (SSSR count). The van der Waals surface area contributed by atoms with Crippen LogP contribution in [0.3, 0.4) is 0 Å². The van der Waals surface area contributed by atoms with Gasteiger partial charge in [-0.3, -0.25) is 0 Å². The first-order chi connectivity index (χ1) is 7.79. The molecular formula is C12H15NO2S. The van der Waals surface area contributed by atoms with Crippen LogP contribution in [0.2, 0.25) is 0 Å². The molecule has 1 aromatic rings. The molecule has 0 aliphatic carbocycles. The van der Waals surface area contributed by atoms with Gasteiger partial charge in [0.1, 0.15) is 5.75 Å². The number of benzene rings is 1. The number of hydrogen-bond acceptors (Lipinski definition) is 4. The van der Waals surface area contributed by atoms with Gasteiger partial charge in [0.25, 0.3) is 0 Å². The van der Waals surface area contributed by atoms with Crippen molar-refractivity contribution in [2.45, 2.75) is 23.8 Å².